The molecule has 0 spiro atoms. The molecule has 1 N–H and O–H groups in total. The van der Waals surface area contributed by atoms with E-state index in [1.54, 1.807) is 0 Å². The zero-order valence-electron chi connectivity index (χ0n) is 11.5. The summed E-state index contributed by atoms with van der Waals surface area (Å²) in [6, 6.07) is 3.31. The molecule has 1 aliphatic rings. The number of aromatic nitrogens is 3. The lowest BCUT2D eigenvalue weighted by atomic mass is 10.2. The first-order valence-electron chi connectivity index (χ1n) is 6.46. The topological polar surface area (TPSA) is 88.2 Å². The van der Waals surface area contributed by atoms with Crippen LogP contribution in [0.3, 0.4) is 0 Å². The molecule has 0 radical (unpaired) electrons. The largest absolute Gasteiger partial charge is 0.472 e. The molecule has 23 heavy (non-hydrogen) atoms. The van der Waals surface area contributed by atoms with Crippen LogP contribution in [-0.2, 0) is 16.2 Å². The number of nitrogens with zero attached hydrogens (tertiary/aromatic N) is 3. The average Bonchev–Trinajstić information content (AvgIpc) is 2.96. The second-order valence-electron chi connectivity index (χ2n) is 4.84. The third-order valence-corrected chi connectivity index (χ3v) is 4.96. The van der Waals surface area contributed by atoms with Crippen LogP contribution in [0.25, 0.3) is 0 Å². The number of ether oxygens (including phenoxy) is 1. The summed E-state index contributed by atoms with van der Waals surface area (Å²) in [5.74, 6) is -0.191. The van der Waals surface area contributed by atoms with Crippen molar-refractivity contribution in [3.05, 3.63) is 36.4 Å². The molecule has 0 atom stereocenters. The molecule has 2 aromatic heterocycles. The number of nitrogens with one attached hydrogen (secondary N) is 1. The first kappa shape index (κ1) is 15.7. The minimum atomic E-state index is -4.56. The molecule has 3 heterocycles. The lowest BCUT2D eigenvalue weighted by Gasteiger charge is -2.37. The third kappa shape index (κ3) is 3.15. The Labute approximate surface area is 129 Å². The molecule has 2 aromatic rings. The van der Waals surface area contributed by atoms with Crippen molar-refractivity contribution in [2.75, 3.05) is 13.1 Å². The van der Waals surface area contributed by atoms with Gasteiger partial charge in [0.1, 0.15) is 11.8 Å². The smallest absolute Gasteiger partial charge is 0.433 e. The fourth-order valence-corrected chi connectivity index (χ4v) is 3.40. The molecule has 7 nitrogen and oxygen atoms in total. The Morgan fingerprint density at radius 2 is 2.04 bits per heavy atom. The van der Waals surface area contributed by atoms with Crippen LogP contribution in [0.4, 0.5) is 13.2 Å². The number of sulfonamides is 1. The highest BCUT2D eigenvalue weighted by atomic mass is 32.2. The van der Waals surface area contributed by atoms with Crippen LogP contribution in [-0.4, -0.2) is 46.9 Å². The number of H-pyrrole nitrogens is 1. The van der Waals surface area contributed by atoms with Gasteiger partial charge in [-0.05, 0) is 6.07 Å². The number of halogens is 3. The van der Waals surface area contributed by atoms with Gasteiger partial charge < -0.3 is 9.72 Å². The number of aromatic amines is 1. The van der Waals surface area contributed by atoms with Gasteiger partial charge in [0.15, 0.2) is 5.03 Å². The van der Waals surface area contributed by atoms with E-state index in [2.05, 4.69) is 15.0 Å². The molecule has 11 heteroatoms. The van der Waals surface area contributed by atoms with Gasteiger partial charge in [0, 0.05) is 6.07 Å². The maximum Gasteiger partial charge on any atom is 0.433 e. The highest BCUT2D eigenvalue weighted by Gasteiger charge is 2.39. The van der Waals surface area contributed by atoms with Crippen LogP contribution >= 0.6 is 0 Å². The highest BCUT2D eigenvalue weighted by Crippen LogP contribution is 2.29. The average molecular weight is 348 g/mol. The number of alkyl halides is 3. The fraction of sp³-hybridized carbons (Fsp3) is 0.333. The number of pyridine rings is 1. The Hall–Kier alpha value is -2.14. The fourth-order valence-electron chi connectivity index (χ4n) is 2.00. The molecule has 3 rings (SSSR count). The SMILES string of the molecule is O=S(=O)(c1cnc[nH]1)N1CC(Oc2cccc(C(F)(F)F)n2)C1. The van der Waals surface area contributed by atoms with Crippen LogP contribution in [0.1, 0.15) is 5.69 Å². The number of imidazole rings is 1. The Balaban J connectivity index is 1.63. The molecule has 0 saturated carbocycles. The lowest BCUT2D eigenvalue weighted by molar-refractivity contribution is -0.141. The Morgan fingerprint density at radius 1 is 1.30 bits per heavy atom. The Kier molecular flexibility index (Phi) is 3.76. The van der Waals surface area contributed by atoms with Crippen molar-refractivity contribution < 1.29 is 26.3 Å². The molecule has 1 saturated heterocycles. The monoisotopic (exact) mass is 348 g/mol. The second-order valence-corrected chi connectivity index (χ2v) is 6.74. The molecule has 0 amide bonds. The van der Waals surface area contributed by atoms with E-state index >= 15 is 0 Å². The van der Waals surface area contributed by atoms with Gasteiger partial charge in [-0.25, -0.2) is 18.4 Å². The van der Waals surface area contributed by atoms with Gasteiger partial charge in [0.05, 0.1) is 25.6 Å². The molecule has 124 valence electrons. The van der Waals surface area contributed by atoms with Crippen molar-refractivity contribution in [1.82, 2.24) is 19.3 Å². The van der Waals surface area contributed by atoms with Gasteiger partial charge in [0.2, 0.25) is 5.88 Å². The first-order chi connectivity index (χ1) is 10.8. The van der Waals surface area contributed by atoms with Gasteiger partial charge in [-0.2, -0.15) is 17.5 Å². The van der Waals surface area contributed by atoms with Gasteiger partial charge >= 0.3 is 6.18 Å². The van der Waals surface area contributed by atoms with Gasteiger partial charge in [-0.3, -0.25) is 0 Å². The van der Waals surface area contributed by atoms with Gasteiger partial charge in [-0.1, -0.05) is 6.07 Å². The summed E-state index contributed by atoms with van der Waals surface area (Å²) in [5.41, 5.74) is -1.06. The summed E-state index contributed by atoms with van der Waals surface area (Å²) >= 11 is 0. The van der Waals surface area contributed by atoms with E-state index < -0.39 is 28.0 Å². The third-order valence-electron chi connectivity index (χ3n) is 3.21. The zero-order valence-corrected chi connectivity index (χ0v) is 12.3. The van der Waals surface area contributed by atoms with Crippen LogP contribution in [0.5, 0.6) is 5.88 Å². The number of hydrogen-bond acceptors (Lipinski definition) is 5. The van der Waals surface area contributed by atoms with Gasteiger partial charge in [-0.15, -0.1) is 0 Å². The van der Waals surface area contributed by atoms with E-state index in [0.29, 0.717) is 0 Å². The summed E-state index contributed by atoms with van der Waals surface area (Å²) in [4.78, 5) is 9.51. The van der Waals surface area contributed by atoms with Crippen molar-refractivity contribution >= 4 is 10.0 Å². The number of rotatable bonds is 4. The van der Waals surface area contributed by atoms with Crippen molar-refractivity contribution in [2.45, 2.75) is 17.3 Å². The predicted molar refractivity (Wildman–Crippen MR) is 71.0 cm³/mol. The van der Waals surface area contributed by atoms with E-state index in [9.17, 15) is 21.6 Å². The maximum atomic E-state index is 12.6. The molecule has 0 unspecified atom stereocenters. The van der Waals surface area contributed by atoms with Crippen molar-refractivity contribution in [3.8, 4) is 5.88 Å². The van der Waals surface area contributed by atoms with Crippen LogP contribution in [0.2, 0.25) is 0 Å². The number of hydrogen-bond donors (Lipinski definition) is 1. The second kappa shape index (κ2) is 5.49. The minimum Gasteiger partial charge on any atom is -0.472 e. The first-order valence-corrected chi connectivity index (χ1v) is 7.90. The highest BCUT2D eigenvalue weighted by molar-refractivity contribution is 7.89. The predicted octanol–water partition coefficient (Wildman–Crippen LogP) is 1.28. The lowest BCUT2D eigenvalue weighted by Crippen LogP contribution is -2.56. The van der Waals surface area contributed by atoms with Crippen LogP contribution in [0, 0.1) is 0 Å². The van der Waals surface area contributed by atoms with E-state index in [1.807, 2.05) is 0 Å². The molecular weight excluding hydrogens is 337 g/mol. The Morgan fingerprint density at radius 3 is 2.65 bits per heavy atom. The minimum absolute atomic E-state index is 0.0271. The molecule has 1 aliphatic heterocycles. The molecule has 0 aromatic carbocycles. The molecule has 1 fully saturated rings. The Bertz CT molecular complexity index is 786. The summed E-state index contributed by atoms with van der Waals surface area (Å²) < 4.78 is 68.3. The van der Waals surface area contributed by atoms with E-state index in [4.69, 9.17) is 4.74 Å². The zero-order chi connectivity index (χ0) is 16.7. The summed E-state index contributed by atoms with van der Waals surface area (Å²) in [7, 11) is -3.68. The normalized spacial score (nSPS) is 17.0. The van der Waals surface area contributed by atoms with Crippen molar-refractivity contribution in [1.29, 1.82) is 0 Å². The van der Waals surface area contributed by atoms with Crippen molar-refractivity contribution in [2.24, 2.45) is 0 Å². The molecule has 0 aliphatic carbocycles. The van der Waals surface area contributed by atoms with E-state index in [-0.39, 0.29) is 24.0 Å². The van der Waals surface area contributed by atoms with Crippen LogP contribution in [0.15, 0.2) is 35.7 Å². The summed E-state index contributed by atoms with van der Waals surface area (Å²) in [5, 5.41) is -0.0480. The van der Waals surface area contributed by atoms with E-state index in [0.717, 1.165) is 10.4 Å². The van der Waals surface area contributed by atoms with E-state index in [1.165, 1.54) is 24.7 Å². The standard InChI is InChI=1S/C12H11F3N4O3S/c13-12(14,15)9-2-1-3-10(18-9)22-8-5-19(6-8)23(20,21)11-4-16-7-17-11/h1-4,7-8H,5-6H2,(H,16,17). The quantitative estimate of drug-likeness (QED) is 0.899. The summed E-state index contributed by atoms with van der Waals surface area (Å²) in [6.07, 6.45) is -2.69. The molecule has 0 bridgehead atoms. The summed E-state index contributed by atoms with van der Waals surface area (Å²) in [6.45, 7) is 0.0541. The van der Waals surface area contributed by atoms with Gasteiger partial charge in [0.25, 0.3) is 10.0 Å². The maximum absolute atomic E-state index is 12.6. The molecular formula is C12H11F3N4O3S. The van der Waals surface area contributed by atoms with Crippen LogP contribution < -0.4 is 4.74 Å². The van der Waals surface area contributed by atoms with Crippen molar-refractivity contribution in [3.63, 3.8) is 0 Å².